The molecule has 2 aromatic heterocycles. The lowest BCUT2D eigenvalue weighted by molar-refractivity contribution is 0.419. The fourth-order valence-electron chi connectivity index (χ4n) is 2.28. The molecule has 0 atom stereocenters. The van der Waals surface area contributed by atoms with Crippen LogP contribution in [0, 0.1) is 0 Å². The van der Waals surface area contributed by atoms with E-state index in [-0.39, 0.29) is 6.01 Å². The number of hydrogen-bond donors (Lipinski definition) is 1. The summed E-state index contributed by atoms with van der Waals surface area (Å²) in [7, 11) is 1.61. The summed E-state index contributed by atoms with van der Waals surface area (Å²) in [5, 5.41) is 12.6. The number of halogens is 2. The first-order chi connectivity index (χ1) is 12.1. The maximum atomic E-state index is 6.16. The van der Waals surface area contributed by atoms with Crippen molar-refractivity contribution < 1.29 is 9.15 Å². The van der Waals surface area contributed by atoms with Gasteiger partial charge in [-0.05, 0) is 30.3 Å². The molecule has 4 rings (SSSR count). The molecule has 0 radical (unpaired) electrons. The van der Waals surface area contributed by atoms with Gasteiger partial charge in [0, 0.05) is 5.02 Å². The first-order valence-corrected chi connectivity index (χ1v) is 8.71. The number of nitrogens with one attached hydrogen (secondary N) is 1. The molecule has 2 aromatic carbocycles. The molecule has 0 amide bonds. The monoisotopic (exact) mass is 392 g/mol. The molecule has 0 saturated heterocycles. The molecule has 0 aliphatic carbocycles. The van der Waals surface area contributed by atoms with Crippen molar-refractivity contribution in [2.24, 2.45) is 0 Å². The maximum absolute atomic E-state index is 6.16. The van der Waals surface area contributed by atoms with Crippen molar-refractivity contribution in [1.82, 2.24) is 15.2 Å². The summed E-state index contributed by atoms with van der Waals surface area (Å²) in [6.45, 7) is 0. The normalized spacial score (nSPS) is 11.0. The number of rotatable bonds is 4. The molecule has 0 unspecified atom stereocenters. The van der Waals surface area contributed by atoms with Crippen molar-refractivity contribution in [2.45, 2.75) is 0 Å². The molecule has 0 saturated carbocycles. The molecule has 0 fully saturated rings. The summed E-state index contributed by atoms with van der Waals surface area (Å²) < 4.78 is 11.9. The van der Waals surface area contributed by atoms with E-state index in [1.807, 2.05) is 18.2 Å². The molecule has 4 aromatic rings. The van der Waals surface area contributed by atoms with Crippen LogP contribution in [0.3, 0.4) is 0 Å². The minimum atomic E-state index is 0.221. The third kappa shape index (κ3) is 3.13. The topological polar surface area (TPSA) is 73.1 Å². The highest BCUT2D eigenvalue weighted by molar-refractivity contribution is 7.22. The Balaban J connectivity index is 1.63. The third-order valence-corrected chi connectivity index (χ3v) is 4.89. The van der Waals surface area contributed by atoms with Gasteiger partial charge in [-0.2, -0.15) is 0 Å². The summed E-state index contributed by atoms with van der Waals surface area (Å²) in [5.41, 5.74) is 1.38. The van der Waals surface area contributed by atoms with Crippen LogP contribution in [0.25, 0.3) is 21.7 Å². The van der Waals surface area contributed by atoms with Crippen LogP contribution in [-0.4, -0.2) is 22.3 Å². The Morgan fingerprint density at radius 2 is 2.04 bits per heavy atom. The maximum Gasteiger partial charge on any atom is 0.322 e. The van der Waals surface area contributed by atoms with Crippen LogP contribution in [0.1, 0.15) is 0 Å². The van der Waals surface area contributed by atoms with Crippen molar-refractivity contribution in [2.75, 3.05) is 12.4 Å². The highest BCUT2D eigenvalue weighted by Crippen LogP contribution is 2.34. The average Bonchev–Trinajstić information content (AvgIpc) is 3.21. The lowest BCUT2D eigenvalue weighted by Gasteiger charge is -1.99. The Bertz CT molecular complexity index is 1060. The number of ether oxygens (including phenoxy) is 1. The Kier molecular flexibility index (Phi) is 4.20. The van der Waals surface area contributed by atoms with Gasteiger partial charge in [0.2, 0.25) is 0 Å². The van der Waals surface area contributed by atoms with Gasteiger partial charge in [0.1, 0.15) is 11.3 Å². The molecular formula is C16H10Cl2N4O2S. The number of fused-ring (bicyclic) bond motifs is 1. The molecule has 0 bridgehead atoms. The molecule has 0 spiro atoms. The second kappa shape index (κ2) is 6.51. The number of benzene rings is 2. The number of thiazole rings is 1. The molecule has 0 aliphatic heterocycles. The van der Waals surface area contributed by atoms with Crippen LogP contribution < -0.4 is 10.1 Å². The smallest absolute Gasteiger partial charge is 0.322 e. The van der Waals surface area contributed by atoms with Crippen molar-refractivity contribution in [3.05, 3.63) is 46.4 Å². The van der Waals surface area contributed by atoms with Gasteiger partial charge in [-0.25, -0.2) is 4.98 Å². The number of nitrogens with zero attached hydrogens (tertiary/aromatic N) is 3. The Morgan fingerprint density at radius 1 is 1.16 bits per heavy atom. The van der Waals surface area contributed by atoms with Gasteiger partial charge >= 0.3 is 6.01 Å². The van der Waals surface area contributed by atoms with Crippen molar-refractivity contribution >= 4 is 55.9 Å². The van der Waals surface area contributed by atoms with E-state index in [0.717, 1.165) is 10.2 Å². The quantitative estimate of drug-likeness (QED) is 0.500. The number of aromatic nitrogens is 3. The van der Waals surface area contributed by atoms with E-state index in [1.165, 1.54) is 11.3 Å². The zero-order valence-corrected chi connectivity index (χ0v) is 15.1. The van der Waals surface area contributed by atoms with E-state index in [1.54, 1.807) is 25.3 Å². The summed E-state index contributed by atoms with van der Waals surface area (Å²) in [5.74, 6) is 1.00. The molecule has 1 N–H and O–H groups in total. The summed E-state index contributed by atoms with van der Waals surface area (Å²) in [4.78, 5) is 4.50. The summed E-state index contributed by atoms with van der Waals surface area (Å²) >= 11 is 13.5. The minimum absolute atomic E-state index is 0.221. The molecule has 9 heteroatoms. The van der Waals surface area contributed by atoms with Gasteiger partial charge in [0.15, 0.2) is 5.13 Å². The second-order valence-corrected chi connectivity index (χ2v) is 6.86. The van der Waals surface area contributed by atoms with Crippen molar-refractivity contribution in [3.8, 4) is 17.2 Å². The van der Waals surface area contributed by atoms with Crippen LogP contribution in [0.5, 0.6) is 5.75 Å². The Morgan fingerprint density at radius 3 is 2.84 bits per heavy atom. The highest BCUT2D eigenvalue weighted by atomic mass is 35.5. The number of methoxy groups -OCH3 is 1. The fourth-order valence-corrected chi connectivity index (χ4v) is 3.64. The highest BCUT2D eigenvalue weighted by Gasteiger charge is 2.14. The van der Waals surface area contributed by atoms with Crippen molar-refractivity contribution in [3.63, 3.8) is 0 Å². The van der Waals surface area contributed by atoms with Gasteiger partial charge < -0.3 is 9.15 Å². The van der Waals surface area contributed by atoms with Crippen LogP contribution in [0.2, 0.25) is 10.0 Å². The number of anilines is 2. The predicted octanol–water partition coefficient (Wildman–Crippen LogP) is 5.41. The van der Waals surface area contributed by atoms with Crippen molar-refractivity contribution in [1.29, 1.82) is 0 Å². The second-order valence-electron chi connectivity index (χ2n) is 4.99. The Labute approximate surface area is 156 Å². The van der Waals surface area contributed by atoms with E-state index < -0.39 is 0 Å². The number of hydrogen-bond acceptors (Lipinski definition) is 7. The van der Waals surface area contributed by atoms with Gasteiger partial charge in [-0.3, -0.25) is 5.32 Å². The molecule has 0 aliphatic rings. The molecule has 126 valence electrons. The first-order valence-electron chi connectivity index (χ1n) is 7.13. The average molecular weight is 393 g/mol. The zero-order valence-electron chi connectivity index (χ0n) is 12.8. The Hall–Kier alpha value is -2.35. The predicted molar refractivity (Wildman–Crippen MR) is 99.2 cm³/mol. The zero-order chi connectivity index (χ0) is 17.4. The van der Waals surface area contributed by atoms with E-state index in [4.69, 9.17) is 32.4 Å². The largest absolute Gasteiger partial charge is 0.494 e. The van der Waals surface area contributed by atoms with E-state index in [0.29, 0.717) is 32.4 Å². The van der Waals surface area contributed by atoms with Gasteiger partial charge in [0.25, 0.3) is 5.89 Å². The van der Waals surface area contributed by atoms with Gasteiger partial charge in [-0.1, -0.05) is 45.7 Å². The summed E-state index contributed by atoms with van der Waals surface area (Å²) in [6.07, 6.45) is 0. The van der Waals surface area contributed by atoms with E-state index in [2.05, 4.69) is 20.5 Å². The molecular weight excluding hydrogens is 383 g/mol. The first kappa shape index (κ1) is 16.1. The SMILES string of the molecule is COc1cccc2sc(Nc3nnc(-c4ccc(Cl)cc4Cl)o3)nc12. The lowest BCUT2D eigenvalue weighted by Crippen LogP contribution is -1.89. The molecule has 25 heavy (non-hydrogen) atoms. The van der Waals surface area contributed by atoms with Crippen LogP contribution in [0.15, 0.2) is 40.8 Å². The minimum Gasteiger partial charge on any atom is -0.494 e. The van der Waals surface area contributed by atoms with Crippen LogP contribution in [0.4, 0.5) is 11.1 Å². The molecule has 6 nitrogen and oxygen atoms in total. The fraction of sp³-hybridized carbons (Fsp3) is 0.0625. The summed E-state index contributed by atoms with van der Waals surface area (Å²) in [6, 6.07) is 11.0. The number of para-hydroxylation sites is 1. The van der Waals surface area contributed by atoms with Crippen LogP contribution in [-0.2, 0) is 0 Å². The van der Waals surface area contributed by atoms with E-state index in [9.17, 15) is 0 Å². The molecule has 2 heterocycles. The van der Waals surface area contributed by atoms with E-state index >= 15 is 0 Å². The van der Waals surface area contributed by atoms with Crippen LogP contribution >= 0.6 is 34.5 Å². The third-order valence-electron chi connectivity index (χ3n) is 3.40. The standard InChI is InChI=1S/C16H10Cl2N4O2S/c1-23-11-3-2-4-12-13(11)19-16(25-12)20-15-22-21-14(24-15)9-6-5-8(17)7-10(9)18/h2-7H,1H3,(H,19,20,22). The van der Waals surface area contributed by atoms with Gasteiger partial charge in [-0.15, -0.1) is 5.10 Å². The lowest BCUT2D eigenvalue weighted by atomic mass is 10.2. The van der Waals surface area contributed by atoms with Gasteiger partial charge in [0.05, 0.1) is 22.4 Å².